The van der Waals surface area contributed by atoms with E-state index >= 15 is 0 Å². The zero-order chi connectivity index (χ0) is 12.3. The second-order valence-corrected chi connectivity index (χ2v) is 4.40. The van der Waals surface area contributed by atoms with Crippen molar-refractivity contribution in [1.29, 1.82) is 0 Å². The number of nitrogens with zero attached hydrogens (tertiary/aromatic N) is 1. The van der Waals surface area contributed by atoms with Crippen molar-refractivity contribution in [2.24, 2.45) is 0 Å². The second-order valence-electron chi connectivity index (χ2n) is 4.40. The number of pyridine rings is 1. The van der Waals surface area contributed by atoms with Crippen LogP contribution in [0.3, 0.4) is 0 Å². The molecule has 4 heteroatoms. The SMILES string of the molecule is C=Cc1cc(C(=O)OC(C)(C)C)c(N)cn1. The van der Waals surface area contributed by atoms with Crippen molar-refractivity contribution >= 4 is 17.7 Å². The molecule has 0 aliphatic heterocycles. The lowest BCUT2D eigenvalue weighted by Crippen LogP contribution is -2.24. The topological polar surface area (TPSA) is 65.2 Å². The predicted molar refractivity (Wildman–Crippen MR) is 63.9 cm³/mol. The Morgan fingerprint density at radius 3 is 2.69 bits per heavy atom. The number of hydrogen-bond donors (Lipinski definition) is 1. The van der Waals surface area contributed by atoms with Crippen molar-refractivity contribution < 1.29 is 9.53 Å². The van der Waals surface area contributed by atoms with E-state index in [1.165, 1.54) is 6.20 Å². The van der Waals surface area contributed by atoms with Crippen LogP contribution in [-0.4, -0.2) is 16.6 Å². The molecule has 0 radical (unpaired) electrons. The summed E-state index contributed by atoms with van der Waals surface area (Å²) in [5.74, 6) is -0.449. The fourth-order valence-electron chi connectivity index (χ4n) is 1.10. The normalized spacial score (nSPS) is 10.9. The molecule has 0 bridgehead atoms. The van der Waals surface area contributed by atoms with Crippen LogP contribution in [0, 0.1) is 0 Å². The van der Waals surface area contributed by atoms with Gasteiger partial charge in [0.1, 0.15) is 5.60 Å². The third-order valence-corrected chi connectivity index (χ3v) is 1.78. The van der Waals surface area contributed by atoms with Crippen LogP contribution >= 0.6 is 0 Å². The predicted octanol–water partition coefficient (Wildman–Crippen LogP) is 2.26. The Kier molecular flexibility index (Phi) is 3.32. The van der Waals surface area contributed by atoms with Crippen LogP contribution in [0.1, 0.15) is 36.8 Å². The number of carbonyl (C=O) groups is 1. The van der Waals surface area contributed by atoms with E-state index in [0.717, 1.165) is 0 Å². The number of rotatable bonds is 2. The molecule has 0 aliphatic carbocycles. The Hall–Kier alpha value is -1.84. The summed E-state index contributed by atoms with van der Waals surface area (Å²) in [5, 5.41) is 0. The monoisotopic (exact) mass is 220 g/mol. The van der Waals surface area contributed by atoms with Gasteiger partial charge in [0, 0.05) is 0 Å². The lowest BCUT2D eigenvalue weighted by atomic mass is 10.1. The number of anilines is 1. The first-order chi connectivity index (χ1) is 7.33. The molecule has 0 spiro atoms. The van der Waals surface area contributed by atoms with Gasteiger partial charge in [0.25, 0.3) is 0 Å². The van der Waals surface area contributed by atoms with Gasteiger partial charge in [-0.3, -0.25) is 4.98 Å². The molecule has 1 rings (SSSR count). The number of nitrogens with two attached hydrogens (primary N) is 1. The summed E-state index contributed by atoms with van der Waals surface area (Å²) < 4.78 is 5.22. The van der Waals surface area contributed by atoms with Crippen LogP contribution in [0.2, 0.25) is 0 Å². The summed E-state index contributed by atoms with van der Waals surface area (Å²) >= 11 is 0. The maximum Gasteiger partial charge on any atom is 0.340 e. The molecule has 4 nitrogen and oxygen atoms in total. The first kappa shape index (κ1) is 12.2. The Morgan fingerprint density at radius 2 is 2.19 bits per heavy atom. The molecule has 0 atom stereocenters. The number of aromatic nitrogens is 1. The number of esters is 1. The highest BCUT2D eigenvalue weighted by atomic mass is 16.6. The third-order valence-electron chi connectivity index (χ3n) is 1.78. The van der Waals surface area contributed by atoms with Crippen molar-refractivity contribution in [2.75, 3.05) is 5.73 Å². The molecule has 1 aromatic heterocycles. The minimum atomic E-state index is -0.541. The Balaban J connectivity index is 3.03. The molecule has 0 saturated heterocycles. The highest BCUT2D eigenvalue weighted by molar-refractivity contribution is 5.95. The smallest absolute Gasteiger partial charge is 0.340 e. The van der Waals surface area contributed by atoms with E-state index in [1.54, 1.807) is 32.9 Å². The summed E-state index contributed by atoms with van der Waals surface area (Å²) in [5.41, 5.74) is 6.34. The maximum absolute atomic E-state index is 11.8. The van der Waals surface area contributed by atoms with Crippen LogP contribution in [0.15, 0.2) is 18.8 Å². The van der Waals surface area contributed by atoms with Crippen LogP contribution in [0.5, 0.6) is 0 Å². The van der Waals surface area contributed by atoms with Gasteiger partial charge in [-0.25, -0.2) is 4.79 Å². The van der Waals surface area contributed by atoms with Gasteiger partial charge in [-0.2, -0.15) is 0 Å². The summed E-state index contributed by atoms with van der Waals surface area (Å²) in [6.45, 7) is 8.99. The van der Waals surface area contributed by atoms with Crippen molar-refractivity contribution in [2.45, 2.75) is 26.4 Å². The molecule has 0 unspecified atom stereocenters. The first-order valence-electron chi connectivity index (χ1n) is 4.95. The number of ether oxygens (including phenoxy) is 1. The van der Waals surface area contributed by atoms with Crippen molar-refractivity contribution in [3.05, 3.63) is 30.1 Å². The molecule has 2 N–H and O–H groups in total. The van der Waals surface area contributed by atoms with Crippen LogP contribution < -0.4 is 5.73 Å². The van der Waals surface area contributed by atoms with Gasteiger partial charge >= 0.3 is 5.97 Å². The van der Waals surface area contributed by atoms with Gasteiger partial charge in [-0.05, 0) is 32.9 Å². The minimum Gasteiger partial charge on any atom is -0.456 e. The lowest BCUT2D eigenvalue weighted by molar-refractivity contribution is 0.00706. The maximum atomic E-state index is 11.8. The Bertz CT molecular complexity index is 420. The highest BCUT2D eigenvalue weighted by Crippen LogP contribution is 2.17. The number of carbonyl (C=O) groups excluding carboxylic acids is 1. The van der Waals surface area contributed by atoms with E-state index in [2.05, 4.69) is 11.6 Å². The Labute approximate surface area is 95.1 Å². The third kappa shape index (κ3) is 3.08. The van der Waals surface area contributed by atoms with Gasteiger partial charge in [0.15, 0.2) is 0 Å². The Morgan fingerprint density at radius 1 is 1.56 bits per heavy atom. The molecular formula is C12H16N2O2. The zero-order valence-corrected chi connectivity index (χ0v) is 9.78. The minimum absolute atomic E-state index is 0.305. The summed E-state index contributed by atoms with van der Waals surface area (Å²) in [4.78, 5) is 15.8. The van der Waals surface area contributed by atoms with E-state index < -0.39 is 11.6 Å². The van der Waals surface area contributed by atoms with Crippen molar-refractivity contribution in [3.63, 3.8) is 0 Å². The van der Waals surface area contributed by atoms with Crippen molar-refractivity contribution in [1.82, 2.24) is 4.98 Å². The molecule has 0 fully saturated rings. The molecule has 0 amide bonds. The van der Waals surface area contributed by atoms with Gasteiger partial charge in [0.2, 0.25) is 0 Å². The van der Waals surface area contributed by atoms with Crippen LogP contribution in [0.25, 0.3) is 6.08 Å². The number of nitrogen functional groups attached to an aromatic ring is 1. The molecular weight excluding hydrogens is 204 g/mol. The van der Waals surface area contributed by atoms with Gasteiger partial charge in [-0.15, -0.1) is 0 Å². The molecule has 0 aliphatic rings. The van der Waals surface area contributed by atoms with E-state index in [0.29, 0.717) is 16.9 Å². The highest BCUT2D eigenvalue weighted by Gasteiger charge is 2.20. The molecule has 86 valence electrons. The molecule has 1 heterocycles. The second kappa shape index (κ2) is 4.35. The fourth-order valence-corrected chi connectivity index (χ4v) is 1.10. The number of hydrogen-bond acceptors (Lipinski definition) is 4. The van der Waals surface area contributed by atoms with E-state index in [-0.39, 0.29) is 0 Å². The van der Waals surface area contributed by atoms with E-state index in [4.69, 9.17) is 10.5 Å². The van der Waals surface area contributed by atoms with Gasteiger partial charge in [-0.1, -0.05) is 6.58 Å². The van der Waals surface area contributed by atoms with Gasteiger partial charge < -0.3 is 10.5 Å². The lowest BCUT2D eigenvalue weighted by Gasteiger charge is -2.20. The molecule has 1 aromatic rings. The summed E-state index contributed by atoms with van der Waals surface area (Å²) in [7, 11) is 0. The average molecular weight is 220 g/mol. The summed E-state index contributed by atoms with van der Waals surface area (Å²) in [6.07, 6.45) is 2.98. The van der Waals surface area contributed by atoms with Crippen LogP contribution in [0.4, 0.5) is 5.69 Å². The average Bonchev–Trinajstić information content (AvgIpc) is 2.15. The van der Waals surface area contributed by atoms with E-state index in [9.17, 15) is 4.79 Å². The zero-order valence-electron chi connectivity index (χ0n) is 9.78. The van der Waals surface area contributed by atoms with E-state index in [1.807, 2.05) is 0 Å². The fraction of sp³-hybridized carbons (Fsp3) is 0.333. The molecule has 0 saturated carbocycles. The van der Waals surface area contributed by atoms with Crippen molar-refractivity contribution in [3.8, 4) is 0 Å². The quantitative estimate of drug-likeness (QED) is 0.776. The largest absolute Gasteiger partial charge is 0.456 e. The molecule has 0 aromatic carbocycles. The first-order valence-corrected chi connectivity index (χ1v) is 4.95. The van der Waals surface area contributed by atoms with Crippen LogP contribution in [-0.2, 0) is 4.74 Å². The standard InChI is InChI=1S/C12H16N2O2/c1-5-8-6-9(10(13)7-14-8)11(15)16-12(2,3)4/h5-7H,1,13H2,2-4H3. The van der Waals surface area contributed by atoms with Gasteiger partial charge in [0.05, 0.1) is 23.1 Å². The molecule has 16 heavy (non-hydrogen) atoms. The summed E-state index contributed by atoms with van der Waals surface area (Å²) in [6, 6.07) is 1.57.